The molecule has 0 bridgehead atoms. The second-order valence-corrected chi connectivity index (χ2v) is 7.92. The van der Waals surface area contributed by atoms with Crippen molar-refractivity contribution in [3.63, 3.8) is 0 Å². The first kappa shape index (κ1) is 24.6. The number of benzene rings is 2. The summed E-state index contributed by atoms with van der Waals surface area (Å²) in [5.74, 6) is -0.619. The standard InChI is InChI=1S/C25H26N2O8/c1-32-22-21(35-24(30)18-10-6-3-7-11-18)19(14-28)34-23(22)26-13-12-20(29)27(25(26)31)16-33-15-17-8-4-2-5-9-17/h2-13,19,21-23,28H,14-16H2,1H3. The van der Waals surface area contributed by atoms with E-state index in [1.807, 2.05) is 30.3 Å². The highest BCUT2D eigenvalue weighted by molar-refractivity contribution is 5.89. The van der Waals surface area contributed by atoms with E-state index < -0.39 is 48.4 Å². The summed E-state index contributed by atoms with van der Waals surface area (Å²) in [4.78, 5) is 38.2. The maximum Gasteiger partial charge on any atom is 0.338 e. The molecular formula is C25H26N2O8. The van der Waals surface area contributed by atoms with Gasteiger partial charge in [0.05, 0.1) is 18.8 Å². The number of aromatic nitrogens is 2. The third kappa shape index (κ3) is 5.41. The van der Waals surface area contributed by atoms with Crippen LogP contribution in [0.4, 0.5) is 0 Å². The van der Waals surface area contributed by atoms with Crippen molar-refractivity contribution in [2.45, 2.75) is 37.9 Å². The number of nitrogens with zero attached hydrogens (tertiary/aromatic N) is 2. The van der Waals surface area contributed by atoms with Crippen molar-refractivity contribution < 1.29 is 28.8 Å². The van der Waals surface area contributed by atoms with Crippen molar-refractivity contribution >= 4 is 5.97 Å². The van der Waals surface area contributed by atoms with Gasteiger partial charge in [-0.1, -0.05) is 48.5 Å². The van der Waals surface area contributed by atoms with Crippen LogP contribution in [0.3, 0.4) is 0 Å². The number of esters is 1. The largest absolute Gasteiger partial charge is 0.453 e. The summed E-state index contributed by atoms with van der Waals surface area (Å²) < 4.78 is 24.7. The number of rotatable bonds is 9. The second kappa shape index (κ2) is 11.2. The molecule has 2 aromatic carbocycles. The number of carbonyl (C=O) groups is 1. The Morgan fingerprint density at radius 3 is 2.34 bits per heavy atom. The number of ether oxygens (including phenoxy) is 4. The zero-order valence-corrected chi connectivity index (χ0v) is 19.1. The molecule has 184 valence electrons. The van der Waals surface area contributed by atoms with Crippen LogP contribution in [-0.2, 0) is 32.3 Å². The third-order valence-electron chi connectivity index (χ3n) is 5.69. The molecule has 4 unspecified atom stereocenters. The molecular weight excluding hydrogens is 456 g/mol. The third-order valence-corrected chi connectivity index (χ3v) is 5.69. The number of hydrogen-bond acceptors (Lipinski definition) is 8. The van der Waals surface area contributed by atoms with Crippen molar-refractivity contribution in [3.8, 4) is 0 Å². The molecule has 4 atom stereocenters. The highest BCUT2D eigenvalue weighted by Crippen LogP contribution is 2.33. The molecule has 10 heteroatoms. The number of hydrogen-bond donors (Lipinski definition) is 1. The molecule has 0 spiro atoms. The quantitative estimate of drug-likeness (QED) is 0.454. The minimum absolute atomic E-state index is 0.215. The highest BCUT2D eigenvalue weighted by Gasteiger charge is 2.48. The Hall–Kier alpha value is -3.57. The van der Waals surface area contributed by atoms with Crippen LogP contribution in [0.5, 0.6) is 0 Å². The molecule has 0 aliphatic carbocycles. The van der Waals surface area contributed by atoms with Gasteiger partial charge in [-0.3, -0.25) is 9.36 Å². The molecule has 1 saturated heterocycles. The highest BCUT2D eigenvalue weighted by atomic mass is 16.6. The molecule has 1 aliphatic rings. The molecule has 1 N–H and O–H groups in total. The summed E-state index contributed by atoms with van der Waals surface area (Å²) in [5, 5.41) is 9.86. The van der Waals surface area contributed by atoms with Crippen LogP contribution < -0.4 is 11.2 Å². The molecule has 1 aromatic heterocycles. The fraction of sp³-hybridized carbons (Fsp3) is 0.320. The Morgan fingerprint density at radius 2 is 1.69 bits per heavy atom. The molecule has 0 radical (unpaired) electrons. The molecule has 0 amide bonds. The summed E-state index contributed by atoms with van der Waals surface area (Å²) in [6.45, 7) is -0.530. The van der Waals surface area contributed by atoms with Crippen LogP contribution >= 0.6 is 0 Å². The topological polar surface area (TPSA) is 118 Å². The lowest BCUT2D eigenvalue weighted by atomic mass is 10.1. The first-order valence-corrected chi connectivity index (χ1v) is 11.0. The predicted molar refractivity (Wildman–Crippen MR) is 124 cm³/mol. The molecule has 10 nitrogen and oxygen atoms in total. The average Bonchev–Trinajstić information content (AvgIpc) is 3.24. The van der Waals surface area contributed by atoms with Gasteiger partial charge in [0, 0.05) is 19.4 Å². The second-order valence-electron chi connectivity index (χ2n) is 7.92. The van der Waals surface area contributed by atoms with Crippen molar-refractivity contribution in [3.05, 3.63) is 105 Å². The van der Waals surface area contributed by atoms with Crippen LogP contribution in [0.1, 0.15) is 22.1 Å². The number of aliphatic hydroxyl groups is 1. The molecule has 35 heavy (non-hydrogen) atoms. The fourth-order valence-electron chi connectivity index (χ4n) is 3.91. The van der Waals surface area contributed by atoms with E-state index in [4.69, 9.17) is 18.9 Å². The Labute approximate surface area is 200 Å². The molecule has 0 saturated carbocycles. The van der Waals surface area contributed by atoms with Crippen LogP contribution in [0.2, 0.25) is 0 Å². The predicted octanol–water partition coefficient (Wildman–Crippen LogP) is 1.31. The van der Waals surface area contributed by atoms with Gasteiger partial charge in [0.2, 0.25) is 0 Å². The summed E-state index contributed by atoms with van der Waals surface area (Å²) in [6, 6.07) is 18.9. The molecule has 4 rings (SSSR count). The van der Waals surface area contributed by atoms with Crippen LogP contribution in [0.15, 0.2) is 82.5 Å². The average molecular weight is 482 g/mol. The Kier molecular flexibility index (Phi) is 7.88. The smallest absolute Gasteiger partial charge is 0.338 e. The SMILES string of the molecule is COC1C(OC(=O)c2ccccc2)C(CO)OC1n1ccc(=O)n(COCc2ccccc2)c1=O. The lowest BCUT2D eigenvalue weighted by Gasteiger charge is -2.23. The van der Waals surface area contributed by atoms with Gasteiger partial charge in [0.25, 0.3) is 5.56 Å². The van der Waals surface area contributed by atoms with E-state index in [2.05, 4.69) is 0 Å². The van der Waals surface area contributed by atoms with Gasteiger partial charge in [-0.05, 0) is 17.7 Å². The normalized spacial score (nSPS) is 21.7. The lowest BCUT2D eigenvalue weighted by Crippen LogP contribution is -2.44. The van der Waals surface area contributed by atoms with Gasteiger partial charge in [-0.15, -0.1) is 0 Å². The van der Waals surface area contributed by atoms with Crippen molar-refractivity contribution in [2.24, 2.45) is 0 Å². The van der Waals surface area contributed by atoms with Gasteiger partial charge in [0.1, 0.15) is 18.9 Å². The first-order chi connectivity index (χ1) is 17.0. The van der Waals surface area contributed by atoms with E-state index in [1.54, 1.807) is 30.3 Å². The summed E-state index contributed by atoms with van der Waals surface area (Å²) in [6.07, 6.45) is -2.64. The van der Waals surface area contributed by atoms with Gasteiger partial charge in [-0.25, -0.2) is 14.2 Å². The molecule has 1 aliphatic heterocycles. The van der Waals surface area contributed by atoms with Gasteiger partial charge in [0.15, 0.2) is 12.3 Å². The van der Waals surface area contributed by atoms with Crippen molar-refractivity contribution in [1.82, 2.24) is 9.13 Å². The zero-order valence-electron chi connectivity index (χ0n) is 19.1. The molecule has 2 heterocycles. The van der Waals surface area contributed by atoms with E-state index in [9.17, 15) is 19.5 Å². The summed E-state index contributed by atoms with van der Waals surface area (Å²) >= 11 is 0. The van der Waals surface area contributed by atoms with E-state index in [-0.39, 0.29) is 13.3 Å². The van der Waals surface area contributed by atoms with Crippen molar-refractivity contribution in [2.75, 3.05) is 13.7 Å². The minimum Gasteiger partial charge on any atom is -0.453 e. The summed E-state index contributed by atoms with van der Waals surface area (Å²) in [7, 11) is 1.38. The van der Waals surface area contributed by atoms with Gasteiger partial charge >= 0.3 is 11.7 Å². The number of methoxy groups -OCH3 is 1. The van der Waals surface area contributed by atoms with E-state index >= 15 is 0 Å². The van der Waals surface area contributed by atoms with Crippen LogP contribution in [0, 0.1) is 0 Å². The van der Waals surface area contributed by atoms with Gasteiger partial charge < -0.3 is 24.1 Å². The lowest BCUT2D eigenvalue weighted by molar-refractivity contribution is -0.0641. The fourth-order valence-corrected chi connectivity index (χ4v) is 3.91. The zero-order chi connectivity index (χ0) is 24.8. The Morgan fingerprint density at radius 1 is 1.00 bits per heavy atom. The van der Waals surface area contributed by atoms with E-state index in [1.165, 1.54) is 23.9 Å². The van der Waals surface area contributed by atoms with Crippen LogP contribution in [0.25, 0.3) is 0 Å². The maximum atomic E-state index is 13.2. The Bertz CT molecular complexity index is 1240. The van der Waals surface area contributed by atoms with E-state index in [0.717, 1.165) is 10.1 Å². The number of aliphatic hydroxyl groups excluding tert-OH is 1. The minimum atomic E-state index is -1.06. The van der Waals surface area contributed by atoms with Gasteiger partial charge in [-0.2, -0.15) is 0 Å². The first-order valence-electron chi connectivity index (χ1n) is 11.0. The summed E-state index contributed by atoms with van der Waals surface area (Å²) in [5.41, 5.74) is -0.0191. The maximum absolute atomic E-state index is 13.2. The number of carbonyl (C=O) groups excluding carboxylic acids is 1. The van der Waals surface area contributed by atoms with E-state index in [0.29, 0.717) is 5.56 Å². The monoisotopic (exact) mass is 482 g/mol. The molecule has 1 fully saturated rings. The Balaban J connectivity index is 1.55. The molecule has 3 aromatic rings. The van der Waals surface area contributed by atoms with Crippen molar-refractivity contribution in [1.29, 1.82) is 0 Å². The van der Waals surface area contributed by atoms with Crippen LogP contribution in [-0.4, -0.2) is 52.2 Å².